The van der Waals surface area contributed by atoms with E-state index in [2.05, 4.69) is 39.6 Å². The largest absolute Gasteiger partial charge is 0.381 e. The highest BCUT2D eigenvalue weighted by Crippen LogP contribution is 2.30. The Kier molecular flexibility index (Phi) is 3.39. The molecule has 0 radical (unpaired) electrons. The molecule has 1 aromatic heterocycles. The van der Waals surface area contributed by atoms with Crippen LogP contribution in [0.2, 0.25) is 0 Å². The lowest BCUT2D eigenvalue weighted by atomic mass is 10.1. The Morgan fingerprint density at radius 2 is 2.14 bits per heavy atom. The predicted octanol–water partition coefficient (Wildman–Crippen LogP) is 2.58. The van der Waals surface area contributed by atoms with Crippen LogP contribution in [0.25, 0.3) is 0 Å². The van der Waals surface area contributed by atoms with E-state index in [0.29, 0.717) is 6.04 Å². The molecule has 0 spiro atoms. The summed E-state index contributed by atoms with van der Waals surface area (Å²) in [5.74, 6) is 0. The van der Waals surface area contributed by atoms with Crippen molar-refractivity contribution in [3.8, 4) is 0 Å². The zero-order chi connectivity index (χ0) is 14.1. The first-order valence-corrected chi connectivity index (χ1v) is 7.94. The lowest BCUT2D eigenvalue weighted by molar-refractivity contribution is 0.326. The second-order valence-electron chi connectivity index (χ2n) is 6.26. The zero-order valence-corrected chi connectivity index (χ0v) is 12.3. The molecule has 1 aromatic carbocycles. The third-order valence-corrected chi connectivity index (χ3v) is 4.48. The van der Waals surface area contributed by atoms with Gasteiger partial charge in [0.1, 0.15) is 0 Å². The zero-order valence-electron chi connectivity index (χ0n) is 12.3. The van der Waals surface area contributed by atoms with Gasteiger partial charge < -0.3 is 5.32 Å². The van der Waals surface area contributed by atoms with Gasteiger partial charge in [-0.15, -0.1) is 0 Å². The lowest BCUT2D eigenvalue weighted by Gasteiger charge is -2.17. The summed E-state index contributed by atoms with van der Waals surface area (Å²) in [5.41, 5.74) is 2.53. The van der Waals surface area contributed by atoms with Crippen molar-refractivity contribution in [1.29, 1.82) is 0 Å². The number of hydrogen-bond acceptors (Lipinski definition) is 3. The van der Waals surface area contributed by atoms with E-state index in [4.69, 9.17) is 0 Å². The summed E-state index contributed by atoms with van der Waals surface area (Å²) in [6.07, 6.45) is 7.91. The summed E-state index contributed by atoms with van der Waals surface area (Å²) in [6.45, 7) is 3.30. The number of anilines is 1. The van der Waals surface area contributed by atoms with Gasteiger partial charge in [0.2, 0.25) is 0 Å². The van der Waals surface area contributed by atoms with Gasteiger partial charge in [-0.2, -0.15) is 5.10 Å². The van der Waals surface area contributed by atoms with Gasteiger partial charge in [0.15, 0.2) is 0 Å². The van der Waals surface area contributed by atoms with Crippen LogP contribution in [0.3, 0.4) is 0 Å². The van der Waals surface area contributed by atoms with Crippen LogP contribution < -0.4 is 5.32 Å². The number of nitrogens with one attached hydrogen (secondary N) is 1. The fourth-order valence-corrected chi connectivity index (χ4v) is 3.25. The molecule has 2 heterocycles. The molecule has 1 unspecified atom stereocenters. The molecule has 2 fully saturated rings. The van der Waals surface area contributed by atoms with Crippen LogP contribution in [0, 0.1) is 0 Å². The average Bonchev–Trinajstić information content (AvgIpc) is 3.02. The van der Waals surface area contributed by atoms with E-state index in [-0.39, 0.29) is 0 Å². The summed E-state index contributed by atoms with van der Waals surface area (Å²) >= 11 is 0. The third kappa shape index (κ3) is 3.10. The van der Waals surface area contributed by atoms with Crippen LogP contribution in [-0.2, 0) is 6.54 Å². The van der Waals surface area contributed by atoms with Gasteiger partial charge in [-0.05, 0) is 43.0 Å². The number of benzene rings is 1. The van der Waals surface area contributed by atoms with E-state index in [1.54, 1.807) is 0 Å². The number of rotatable bonds is 5. The molecule has 0 amide bonds. The minimum absolute atomic E-state index is 0.602. The highest BCUT2D eigenvalue weighted by atomic mass is 15.3. The first kappa shape index (κ1) is 12.9. The molecule has 4 rings (SSSR count). The topological polar surface area (TPSA) is 33.1 Å². The van der Waals surface area contributed by atoms with Gasteiger partial charge in [-0.3, -0.25) is 9.58 Å². The van der Waals surface area contributed by atoms with E-state index in [0.717, 1.165) is 12.6 Å². The molecule has 4 heteroatoms. The monoisotopic (exact) mass is 282 g/mol. The first-order chi connectivity index (χ1) is 10.4. The number of nitrogens with zero attached hydrogens (tertiary/aromatic N) is 3. The fourth-order valence-electron chi connectivity index (χ4n) is 3.25. The van der Waals surface area contributed by atoms with Crippen molar-refractivity contribution in [2.24, 2.45) is 0 Å². The highest BCUT2D eigenvalue weighted by molar-refractivity contribution is 5.46. The molecule has 1 atom stereocenters. The molecular formula is C17H22N4. The van der Waals surface area contributed by atoms with Crippen LogP contribution in [0.4, 0.5) is 5.69 Å². The van der Waals surface area contributed by atoms with E-state index >= 15 is 0 Å². The van der Waals surface area contributed by atoms with E-state index in [1.165, 1.54) is 43.6 Å². The SMILES string of the molecule is c1cc(Cn2cccn2)cc(NC2CCN(C3CC3)C2)c1. The molecule has 1 saturated heterocycles. The molecule has 0 bridgehead atoms. The minimum atomic E-state index is 0.602. The van der Waals surface area contributed by atoms with Crippen LogP contribution >= 0.6 is 0 Å². The third-order valence-electron chi connectivity index (χ3n) is 4.48. The Labute approximate surface area is 125 Å². The van der Waals surface area contributed by atoms with Crippen molar-refractivity contribution >= 4 is 5.69 Å². The molecule has 4 nitrogen and oxygen atoms in total. The van der Waals surface area contributed by atoms with E-state index in [9.17, 15) is 0 Å². The predicted molar refractivity (Wildman–Crippen MR) is 84.4 cm³/mol. The van der Waals surface area contributed by atoms with E-state index < -0.39 is 0 Å². The lowest BCUT2D eigenvalue weighted by Crippen LogP contribution is -2.27. The standard InChI is InChI=1S/C17H22N4/c1-3-14(12-21-9-2-8-18-21)11-15(4-1)19-16-7-10-20(13-16)17-5-6-17/h1-4,8-9,11,16-17,19H,5-7,10,12-13H2. The van der Waals surface area contributed by atoms with Gasteiger partial charge in [-0.1, -0.05) is 12.1 Å². The summed E-state index contributed by atoms with van der Waals surface area (Å²) in [4.78, 5) is 2.64. The van der Waals surface area contributed by atoms with E-state index in [1.807, 2.05) is 23.1 Å². The smallest absolute Gasteiger partial charge is 0.0660 e. The quantitative estimate of drug-likeness (QED) is 0.915. The Bertz CT molecular complexity index is 589. The maximum absolute atomic E-state index is 4.27. The molecule has 21 heavy (non-hydrogen) atoms. The first-order valence-electron chi connectivity index (χ1n) is 7.94. The summed E-state index contributed by atoms with van der Waals surface area (Å²) in [7, 11) is 0. The molecule has 1 aliphatic carbocycles. The molecule has 1 saturated carbocycles. The van der Waals surface area contributed by atoms with Crippen molar-refractivity contribution in [2.75, 3.05) is 18.4 Å². The van der Waals surface area contributed by atoms with Crippen molar-refractivity contribution in [1.82, 2.24) is 14.7 Å². The fraction of sp³-hybridized carbons (Fsp3) is 0.471. The average molecular weight is 282 g/mol. The summed E-state index contributed by atoms with van der Waals surface area (Å²) in [5, 5.41) is 7.97. The number of aromatic nitrogens is 2. The number of hydrogen-bond donors (Lipinski definition) is 1. The van der Waals surface area contributed by atoms with Crippen LogP contribution in [0.5, 0.6) is 0 Å². The van der Waals surface area contributed by atoms with Gasteiger partial charge in [0.25, 0.3) is 0 Å². The second kappa shape index (κ2) is 5.53. The minimum Gasteiger partial charge on any atom is -0.381 e. The van der Waals surface area contributed by atoms with Gasteiger partial charge >= 0.3 is 0 Å². The molecule has 2 aliphatic rings. The Morgan fingerprint density at radius 3 is 2.95 bits per heavy atom. The highest BCUT2D eigenvalue weighted by Gasteiger charge is 2.34. The van der Waals surface area contributed by atoms with Crippen molar-refractivity contribution in [3.63, 3.8) is 0 Å². The summed E-state index contributed by atoms with van der Waals surface area (Å²) in [6, 6.07) is 12.2. The van der Waals surface area contributed by atoms with Crippen LogP contribution in [0.1, 0.15) is 24.8 Å². The number of likely N-dealkylation sites (tertiary alicyclic amines) is 1. The Morgan fingerprint density at radius 1 is 1.19 bits per heavy atom. The second-order valence-corrected chi connectivity index (χ2v) is 6.26. The van der Waals surface area contributed by atoms with Gasteiger partial charge in [0.05, 0.1) is 6.54 Å². The van der Waals surface area contributed by atoms with Crippen molar-refractivity contribution < 1.29 is 0 Å². The van der Waals surface area contributed by atoms with Gasteiger partial charge in [-0.25, -0.2) is 0 Å². The van der Waals surface area contributed by atoms with Crippen molar-refractivity contribution in [2.45, 2.75) is 37.9 Å². The normalized spacial score (nSPS) is 22.6. The molecule has 1 aliphatic heterocycles. The Hall–Kier alpha value is -1.81. The maximum atomic E-state index is 4.27. The molecule has 1 N–H and O–H groups in total. The summed E-state index contributed by atoms with van der Waals surface area (Å²) < 4.78 is 1.96. The molecular weight excluding hydrogens is 260 g/mol. The van der Waals surface area contributed by atoms with Gasteiger partial charge in [0, 0.05) is 43.3 Å². The Balaban J connectivity index is 1.38. The van der Waals surface area contributed by atoms with Crippen LogP contribution in [-0.4, -0.2) is 39.9 Å². The van der Waals surface area contributed by atoms with Crippen molar-refractivity contribution in [3.05, 3.63) is 48.3 Å². The maximum Gasteiger partial charge on any atom is 0.0660 e. The van der Waals surface area contributed by atoms with Crippen LogP contribution in [0.15, 0.2) is 42.7 Å². The molecule has 110 valence electrons. The molecule has 2 aromatic rings.